The third-order valence-corrected chi connectivity index (χ3v) is 6.70. The minimum atomic E-state index is -4.92. The van der Waals surface area contributed by atoms with E-state index in [1.807, 2.05) is 0 Å². The van der Waals surface area contributed by atoms with Crippen LogP contribution in [0.4, 0.5) is 13.2 Å². The van der Waals surface area contributed by atoms with Crippen LogP contribution in [0.3, 0.4) is 0 Å². The Morgan fingerprint density at radius 3 is 2.22 bits per heavy atom. The summed E-state index contributed by atoms with van der Waals surface area (Å²) in [6.45, 7) is 3.91. The first kappa shape index (κ1) is 21.6. The molecule has 1 fully saturated rings. The molecule has 0 aromatic heterocycles. The van der Waals surface area contributed by atoms with Gasteiger partial charge in [-0.25, -0.2) is 8.42 Å². The van der Waals surface area contributed by atoms with E-state index in [1.54, 1.807) is 32.0 Å². The molecule has 10 heteroatoms. The van der Waals surface area contributed by atoms with E-state index in [0.717, 1.165) is 10.5 Å². The number of alkyl halides is 3. The first-order chi connectivity index (χ1) is 12.3. The van der Waals surface area contributed by atoms with Crippen LogP contribution in [0.25, 0.3) is 0 Å². The first-order valence-electron chi connectivity index (χ1n) is 8.40. The topological polar surface area (TPSA) is 77.9 Å². The highest BCUT2D eigenvalue weighted by Crippen LogP contribution is 2.33. The molecule has 1 aromatic carbocycles. The van der Waals surface area contributed by atoms with Crippen molar-refractivity contribution in [2.45, 2.75) is 43.9 Å². The molecule has 152 valence electrons. The van der Waals surface area contributed by atoms with Gasteiger partial charge in [0.2, 0.25) is 15.9 Å². The quantitative estimate of drug-likeness (QED) is 0.825. The number of nitrogens with zero attached hydrogens (tertiary/aromatic N) is 2. The molecule has 0 saturated carbocycles. The smallest absolute Gasteiger partial charge is 0.380 e. The summed E-state index contributed by atoms with van der Waals surface area (Å²) in [5.74, 6) is -0.860. The Bertz CT molecular complexity index is 814. The van der Waals surface area contributed by atoms with Crippen molar-refractivity contribution >= 4 is 15.9 Å². The number of carbonyl (C=O) groups excluding carboxylic acids is 1. The Labute approximate surface area is 156 Å². The van der Waals surface area contributed by atoms with Crippen LogP contribution >= 0.6 is 0 Å². The van der Waals surface area contributed by atoms with E-state index in [1.165, 1.54) is 4.31 Å². The molecule has 1 aliphatic rings. The first-order valence-corrected chi connectivity index (χ1v) is 9.84. The van der Waals surface area contributed by atoms with Gasteiger partial charge in [0.05, 0.1) is 11.3 Å². The summed E-state index contributed by atoms with van der Waals surface area (Å²) in [6.07, 6.45) is -6.02. The lowest BCUT2D eigenvalue weighted by atomic mass is 10.0. The van der Waals surface area contributed by atoms with Crippen molar-refractivity contribution in [3.63, 3.8) is 0 Å². The highest BCUT2D eigenvalue weighted by atomic mass is 32.2. The van der Waals surface area contributed by atoms with Gasteiger partial charge in [-0.2, -0.15) is 17.5 Å². The third-order valence-electron chi connectivity index (χ3n) is 4.66. The lowest BCUT2D eigenvalue weighted by Crippen LogP contribution is -2.53. The van der Waals surface area contributed by atoms with Gasteiger partial charge in [0.25, 0.3) is 0 Å². The van der Waals surface area contributed by atoms with Crippen LogP contribution in [-0.2, 0) is 14.8 Å². The Balaban J connectivity index is 2.07. The average Bonchev–Trinajstić information content (AvgIpc) is 2.55. The van der Waals surface area contributed by atoms with Gasteiger partial charge >= 0.3 is 6.18 Å². The standard InChI is InChI=1S/C17H23F3N2O4S/c1-12-4-5-13(2)14(10-12)27(25,26)22-8-6-21(7-9-22)15(23)11-16(3,24)17(18,19)20/h4-5,10,24H,6-9,11H2,1-3H3/t16-/m1/s1. The summed E-state index contributed by atoms with van der Waals surface area (Å²) >= 11 is 0. The van der Waals surface area contributed by atoms with Gasteiger partial charge in [-0.1, -0.05) is 12.1 Å². The molecule has 27 heavy (non-hydrogen) atoms. The zero-order chi connectivity index (χ0) is 20.6. The fourth-order valence-corrected chi connectivity index (χ4v) is 4.54. The summed E-state index contributed by atoms with van der Waals surface area (Å²) in [5, 5.41) is 9.46. The molecule has 1 atom stereocenters. The van der Waals surface area contributed by atoms with Gasteiger partial charge in [0.1, 0.15) is 0 Å². The number of halogens is 3. The number of benzene rings is 1. The molecular formula is C17H23F3N2O4S. The summed E-state index contributed by atoms with van der Waals surface area (Å²) < 4.78 is 65.1. The second-order valence-corrected chi connectivity index (χ2v) is 8.91. The zero-order valence-corrected chi connectivity index (χ0v) is 16.2. The van der Waals surface area contributed by atoms with E-state index in [0.29, 0.717) is 12.5 Å². The van der Waals surface area contributed by atoms with Gasteiger partial charge < -0.3 is 10.0 Å². The molecule has 1 N–H and O–H groups in total. The van der Waals surface area contributed by atoms with Crippen LogP contribution in [0.5, 0.6) is 0 Å². The molecule has 1 heterocycles. The maximum absolute atomic E-state index is 12.8. The molecule has 0 radical (unpaired) electrons. The van der Waals surface area contributed by atoms with E-state index >= 15 is 0 Å². The minimum absolute atomic E-state index is 0.0182. The predicted molar refractivity (Wildman–Crippen MR) is 92.6 cm³/mol. The number of hydrogen-bond acceptors (Lipinski definition) is 4. The Kier molecular flexibility index (Phi) is 5.93. The van der Waals surface area contributed by atoms with Crippen LogP contribution in [0.15, 0.2) is 23.1 Å². The highest BCUT2D eigenvalue weighted by Gasteiger charge is 2.51. The van der Waals surface area contributed by atoms with Crippen molar-refractivity contribution in [1.82, 2.24) is 9.21 Å². The van der Waals surface area contributed by atoms with Crippen molar-refractivity contribution in [2.75, 3.05) is 26.2 Å². The molecule has 1 aromatic rings. The van der Waals surface area contributed by atoms with Gasteiger partial charge in [-0.15, -0.1) is 0 Å². The molecule has 0 aliphatic carbocycles. The fourth-order valence-electron chi connectivity index (χ4n) is 2.81. The largest absolute Gasteiger partial charge is 0.417 e. The summed E-state index contributed by atoms with van der Waals surface area (Å²) in [5.41, 5.74) is -1.73. The predicted octanol–water partition coefficient (Wildman–Crippen LogP) is 1.84. The van der Waals surface area contributed by atoms with Crippen LogP contribution in [-0.4, -0.2) is 66.6 Å². The van der Waals surface area contributed by atoms with Gasteiger partial charge in [0, 0.05) is 26.2 Å². The van der Waals surface area contributed by atoms with Crippen molar-refractivity contribution in [2.24, 2.45) is 0 Å². The van der Waals surface area contributed by atoms with Crippen molar-refractivity contribution in [1.29, 1.82) is 0 Å². The lowest BCUT2D eigenvalue weighted by Gasteiger charge is -2.36. The van der Waals surface area contributed by atoms with Gasteiger partial charge in [-0.05, 0) is 38.0 Å². The molecule has 0 unspecified atom stereocenters. The zero-order valence-electron chi connectivity index (χ0n) is 15.4. The van der Waals surface area contributed by atoms with Crippen LogP contribution in [0.1, 0.15) is 24.5 Å². The molecule has 1 saturated heterocycles. The SMILES string of the molecule is Cc1ccc(C)c(S(=O)(=O)N2CCN(C(=O)C[C@@](C)(O)C(F)(F)F)CC2)c1. The number of aryl methyl sites for hydroxylation is 2. The maximum Gasteiger partial charge on any atom is 0.417 e. The van der Waals surface area contributed by atoms with E-state index in [4.69, 9.17) is 0 Å². The fraction of sp³-hybridized carbons (Fsp3) is 0.588. The van der Waals surface area contributed by atoms with Crippen molar-refractivity contribution in [3.8, 4) is 0 Å². The molecule has 0 spiro atoms. The average molecular weight is 408 g/mol. The lowest BCUT2D eigenvalue weighted by molar-refractivity contribution is -0.254. The van der Waals surface area contributed by atoms with Crippen LogP contribution in [0.2, 0.25) is 0 Å². The third kappa shape index (κ3) is 4.61. The van der Waals surface area contributed by atoms with Gasteiger partial charge in [0.15, 0.2) is 5.60 Å². The molecule has 1 aliphatic heterocycles. The number of carbonyl (C=O) groups is 1. The Morgan fingerprint density at radius 1 is 1.15 bits per heavy atom. The van der Waals surface area contributed by atoms with E-state index in [2.05, 4.69) is 0 Å². The second-order valence-electron chi connectivity index (χ2n) is 7.00. The summed E-state index contributed by atoms with van der Waals surface area (Å²) in [7, 11) is -3.76. The number of amides is 1. The van der Waals surface area contributed by atoms with E-state index in [9.17, 15) is 31.5 Å². The molecule has 2 rings (SSSR count). The number of sulfonamides is 1. The normalized spacial score (nSPS) is 19.0. The van der Waals surface area contributed by atoms with Crippen LogP contribution < -0.4 is 0 Å². The van der Waals surface area contributed by atoms with Crippen molar-refractivity contribution < 1.29 is 31.5 Å². The molecule has 0 bridgehead atoms. The van der Waals surface area contributed by atoms with Crippen LogP contribution in [0, 0.1) is 13.8 Å². The van der Waals surface area contributed by atoms with E-state index < -0.39 is 34.1 Å². The minimum Gasteiger partial charge on any atom is -0.380 e. The molecule has 1 amide bonds. The maximum atomic E-state index is 12.8. The highest BCUT2D eigenvalue weighted by molar-refractivity contribution is 7.89. The number of hydrogen-bond donors (Lipinski definition) is 1. The Hall–Kier alpha value is -1.65. The second kappa shape index (κ2) is 7.40. The number of rotatable bonds is 4. The number of aliphatic hydroxyl groups is 1. The summed E-state index contributed by atoms with van der Waals surface area (Å²) in [6, 6.07) is 5.08. The van der Waals surface area contributed by atoms with E-state index in [-0.39, 0.29) is 31.1 Å². The Morgan fingerprint density at radius 2 is 1.70 bits per heavy atom. The monoisotopic (exact) mass is 408 g/mol. The number of piperazine rings is 1. The molecular weight excluding hydrogens is 385 g/mol. The molecule has 6 nitrogen and oxygen atoms in total. The van der Waals surface area contributed by atoms with Crippen molar-refractivity contribution in [3.05, 3.63) is 29.3 Å². The summed E-state index contributed by atoms with van der Waals surface area (Å²) in [4.78, 5) is 13.4. The van der Waals surface area contributed by atoms with Gasteiger partial charge in [-0.3, -0.25) is 4.79 Å².